The molecule has 3 aromatic rings. The van der Waals surface area contributed by atoms with E-state index in [2.05, 4.69) is 13.8 Å². The number of fused-ring (bicyclic) bond motifs is 3. The number of rotatable bonds is 20. The van der Waals surface area contributed by atoms with Gasteiger partial charge in [-0.2, -0.15) is 0 Å². The normalized spacial score (nSPS) is 14.5. The number of aliphatic hydroxyl groups is 1. The number of aliphatic hydroxyl groups excluding tert-OH is 1. The third-order valence-electron chi connectivity index (χ3n) is 6.90. The largest absolute Gasteiger partial charge is 0.403 e. The van der Waals surface area contributed by atoms with E-state index in [0.29, 0.717) is 90.6 Å². The minimum absolute atomic E-state index is 0.0215. The zero-order chi connectivity index (χ0) is 29.6. The maximum atomic E-state index is 12.9. The van der Waals surface area contributed by atoms with Gasteiger partial charge in [-0.1, -0.05) is 26.0 Å². The van der Waals surface area contributed by atoms with Crippen molar-refractivity contribution in [3.05, 3.63) is 50.7 Å². The Labute approximate surface area is 250 Å². The molecule has 4 rings (SSSR count). The molecule has 0 saturated carbocycles. The SMILES string of the molecule is CC1(C)CCc2c(sc3nc(-c4cccc(COCCOCCOCCOCCOCCOCCO)c4)oc(=O)c23)C1. The van der Waals surface area contributed by atoms with Crippen LogP contribution < -0.4 is 5.63 Å². The molecule has 1 aliphatic rings. The van der Waals surface area contributed by atoms with Gasteiger partial charge in [0.15, 0.2) is 0 Å². The molecule has 232 valence electrons. The van der Waals surface area contributed by atoms with Crippen LogP contribution in [0.1, 0.15) is 36.3 Å². The molecule has 1 aromatic carbocycles. The predicted octanol–water partition coefficient (Wildman–Crippen LogP) is 4.02. The van der Waals surface area contributed by atoms with E-state index >= 15 is 0 Å². The summed E-state index contributed by atoms with van der Waals surface area (Å²) in [7, 11) is 0. The van der Waals surface area contributed by atoms with Crippen molar-refractivity contribution in [1.29, 1.82) is 0 Å². The molecule has 0 saturated heterocycles. The topological polar surface area (TPSA) is 119 Å². The van der Waals surface area contributed by atoms with E-state index in [1.165, 1.54) is 4.88 Å². The standard InChI is InChI=1S/C31H43NO9S/c1-31(2)7-6-25-26(21-31)42-29-27(25)30(34)41-28(32-29)24-5-3-4-23(20-24)22-40-19-18-39-17-16-38-15-14-37-13-12-36-11-10-35-9-8-33/h3-5,20,33H,6-19,21-22H2,1-2H3. The summed E-state index contributed by atoms with van der Waals surface area (Å²) >= 11 is 1.63. The Kier molecular flexibility index (Phi) is 13.4. The Bertz CT molecular complexity index is 1290. The van der Waals surface area contributed by atoms with Gasteiger partial charge in [-0.3, -0.25) is 0 Å². The minimum atomic E-state index is -0.301. The van der Waals surface area contributed by atoms with E-state index in [0.717, 1.165) is 40.8 Å². The number of nitrogens with zero attached hydrogens (tertiary/aromatic N) is 1. The van der Waals surface area contributed by atoms with Gasteiger partial charge in [0.2, 0.25) is 5.89 Å². The molecule has 0 spiro atoms. The first-order valence-electron chi connectivity index (χ1n) is 14.6. The van der Waals surface area contributed by atoms with Gasteiger partial charge >= 0.3 is 5.63 Å². The molecular formula is C31H43NO9S. The second-order valence-electron chi connectivity index (χ2n) is 10.9. The highest BCUT2D eigenvalue weighted by molar-refractivity contribution is 7.18. The number of thiophene rings is 1. The summed E-state index contributed by atoms with van der Waals surface area (Å²) in [5, 5.41) is 9.26. The molecule has 1 N–H and O–H groups in total. The summed E-state index contributed by atoms with van der Waals surface area (Å²) < 4.78 is 38.4. The lowest BCUT2D eigenvalue weighted by Crippen LogP contribution is -2.21. The molecule has 11 heteroatoms. The molecule has 0 fully saturated rings. The van der Waals surface area contributed by atoms with Crippen LogP contribution in [0.5, 0.6) is 0 Å². The molecule has 0 aliphatic heterocycles. The van der Waals surface area contributed by atoms with Crippen LogP contribution in [0.2, 0.25) is 0 Å². The lowest BCUT2D eigenvalue weighted by molar-refractivity contribution is -0.0190. The minimum Gasteiger partial charge on any atom is -0.403 e. The fraction of sp³-hybridized carbons (Fsp3) is 0.613. The van der Waals surface area contributed by atoms with Gasteiger partial charge in [0, 0.05) is 10.4 Å². The summed E-state index contributed by atoms with van der Waals surface area (Å²) in [5.41, 5.74) is 2.80. The Morgan fingerprint density at radius 1 is 0.881 bits per heavy atom. The highest BCUT2D eigenvalue weighted by Crippen LogP contribution is 2.41. The lowest BCUT2D eigenvalue weighted by atomic mass is 9.77. The molecule has 0 radical (unpaired) electrons. The predicted molar refractivity (Wildman–Crippen MR) is 160 cm³/mol. The van der Waals surface area contributed by atoms with Crippen LogP contribution in [0, 0.1) is 5.41 Å². The monoisotopic (exact) mass is 605 g/mol. The Balaban J connectivity index is 1.09. The van der Waals surface area contributed by atoms with E-state index in [1.54, 1.807) is 11.3 Å². The van der Waals surface area contributed by atoms with E-state index in [1.807, 2.05) is 24.3 Å². The zero-order valence-corrected chi connectivity index (χ0v) is 25.5. The van der Waals surface area contributed by atoms with Crippen molar-refractivity contribution < 1.29 is 37.9 Å². The molecular weight excluding hydrogens is 562 g/mol. The van der Waals surface area contributed by atoms with Crippen LogP contribution in [0.4, 0.5) is 0 Å². The van der Waals surface area contributed by atoms with Crippen LogP contribution in [0.15, 0.2) is 33.5 Å². The van der Waals surface area contributed by atoms with E-state index in [4.69, 9.17) is 42.9 Å². The molecule has 42 heavy (non-hydrogen) atoms. The number of ether oxygens (including phenoxy) is 6. The maximum absolute atomic E-state index is 12.9. The van der Waals surface area contributed by atoms with Crippen LogP contribution in [-0.2, 0) is 47.9 Å². The van der Waals surface area contributed by atoms with Crippen molar-refractivity contribution in [2.45, 2.75) is 39.7 Å². The van der Waals surface area contributed by atoms with Gasteiger partial charge in [-0.05, 0) is 47.9 Å². The molecule has 2 heterocycles. The lowest BCUT2D eigenvalue weighted by Gasteiger charge is -2.28. The highest BCUT2D eigenvalue weighted by atomic mass is 32.1. The van der Waals surface area contributed by atoms with Gasteiger partial charge < -0.3 is 37.9 Å². The van der Waals surface area contributed by atoms with E-state index in [-0.39, 0.29) is 17.6 Å². The summed E-state index contributed by atoms with van der Waals surface area (Å²) in [6, 6.07) is 7.74. The Morgan fingerprint density at radius 2 is 1.48 bits per heavy atom. The maximum Gasteiger partial charge on any atom is 0.348 e. The average molecular weight is 606 g/mol. The van der Waals surface area contributed by atoms with Crippen molar-refractivity contribution >= 4 is 21.6 Å². The summed E-state index contributed by atoms with van der Waals surface area (Å²) in [4.78, 5) is 19.7. The van der Waals surface area contributed by atoms with E-state index in [9.17, 15) is 4.79 Å². The second kappa shape index (κ2) is 17.2. The third-order valence-corrected chi connectivity index (χ3v) is 8.02. The van der Waals surface area contributed by atoms with Gasteiger partial charge in [0.05, 0.1) is 85.9 Å². The van der Waals surface area contributed by atoms with Crippen LogP contribution in [0.3, 0.4) is 0 Å². The third kappa shape index (κ3) is 10.2. The molecule has 0 bridgehead atoms. The first kappa shape index (κ1) is 32.7. The Hall–Kier alpha value is -2.22. The van der Waals surface area contributed by atoms with Gasteiger partial charge in [0.1, 0.15) is 10.2 Å². The number of hydrogen-bond acceptors (Lipinski definition) is 11. The van der Waals surface area contributed by atoms with Crippen molar-refractivity contribution in [2.75, 3.05) is 79.3 Å². The fourth-order valence-corrected chi connectivity index (χ4v) is 6.17. The second-order valence-corrected chi connectivity index (χ2v) is 12.0. The van der Waals surface area contributed by atoms with Crippen LogP contribution in [-0.4, -0.2) is 89.4 Å². The van der Waals surface area contributed by atoms with Crippen molar-refractivity contribution in [2.24, 2.45) is 5.41 Å². The van der Waals surface area contributed by atoms with Crippen molar-refractivity contribution in [3.63, 3.8) is 0 Å². The van der Waals surface area contributed by atoms with E-state index < -0.39 is 0 Å². The van der Waals surface area contributed by atoms with Gasteiger partial charge in [-0.25, -0.2) is 9.78 Å². The summed E-state index contributed by atoms with van der Waals surface area (Å²) in [6.45, 7) is 10.1. The number of benzene rings is 1. The van der Waals surface area contributed by atoms with Gasteiger partial charge in [0.25, 0.3) is 0 Å². The molecule has 1 aliphatic carbocycles. The summed E-state index contributed by atoms with van der Waals surface area (Å²) in [5.74, 6) is 0.342. The highest BCUT2D eigenvalue weighted by Gasteiger charge is 2.30. The smallest absolute Gasteiger partial charge is 0.348 e. The zero-order valence-electron chi connectivity index (χ0n) is 24.7. The van der Waals surface area contributed by atoms with Crippen molar-refractivity contribution in [3.8, 4) is 11.5 Å². The van der Waals surface area contributed by atoms with Crippen LogP contribution in [0.25, 0.3) is 21.7 Å². The molecule has 0 atom stereocenters. The molecule has 2 aromatic heterocycles. The number of hydrogen-bond donors (Lipinski definition) is 1. The molecule has 10 nitrogen and oxygen atoms in total. The fourth-order valence-electron chi connectivity index (χ4n) is 4.71. The Morgan fingerprint density at radius 3 is 2.10 bits per heavy atom. The first-order chi connectivity index (χ1) is 20.5. The quantitative estimate of drug-likeness (QED) is 0.189. The number of aryl methyl sites for hydroxylation is 1. The molecule has 0 unspecified atom stereocenters. The van der Waals surface area contributed by atoms with Crippen molar-refractivity contribution in [1.82, 2.24) is 4.98 Å². The summed E-state index contributed by atoms with van der Waals surface area (Å²) in [6.07, 6.45) is 2.93. The average Bonchev–Trinajstić information content (AvgIpc) is 3.33. The van der Waals surface area contributed by atoms with Crippen LogP contribution >= 0.6 is 11.3 Å². The number of aromatic nitrogens is 1. The molecule has 0 amide bonds. The van der Waals surface area contributed by atoms with Gasteiger partial charge in [-0.15, -0.1) is 11.3 Å². The first-order valence-corrected chi connectivity index (χ1v) is 15.4.